The largest absolute Gasteiger partial charge is 0.466 e. The number of aryl methyl sites for hydroxylation is 1. The van der Waals surface area contributed by atoms with Crippen LogP contribution >= 0.6 is 11.3 Å². The van der Waals surface area contributed by atoms with Crippen molar-refractivity contribution in [3.8, 4) is 0 Å². The van der Waals surface area contributed by atoms with Gasteiger partial charge in [0.25, 0.3) is 5.91 Å². The van der Waals surface area contributed by atoms with Crippen molar-refractivity contribution in [1.29, 1.82) is 0 Å². The molecule has 10 nitrogen and oxygen atoms in total. The average Bonchev–Trinajstić information content (AvgIpc) is 3.51. The maximum absolute atomic E-state index is 13.5. The van der Waals surface area contributed by atoms with E-state index in [1.54, 1.807) is 11.8 Å². The number of hydrogen-bond acceptors (Lipinski definition) is 9. The van der Waals surface area contributed by atoms with Crippen LogP contribution in [-0.2, 0) is 35.2 Å². The van der Waals surface area contributed by atoms with Crippen molar-refractivity contribution in [2.24, 2.45) is 5.92 Å². The normalized spacial score (nSPS) is 18.1. The number of nitrogens with zero attached hydrogens (tertiary/aromatic N) is 7. The molecule has 0 radical (unpaired) electrons. The first-order chi connectivity index (χ1) is 18.2. The van der Waals surface area contributed by atoms with Crippen molar-refractivity contribution in [2.45, 2.75) is 58.8 Å². The monoisotopic (exact) mass is 551 g/mol. The molecular weight excluding hydrogens is 523 g/mol. The van der Waals surface area contributed by atoms with Crippen molar-refractivity contribution in [3.05, 3.63) is 28.4 Å². The predicted octanol–water partition coefficient (Wildman–Crippen LogP) is 3.69. The van der Waals surface area contributed by atoms with Gasteiger partial charge < -0.3 is 19.1 Å². The number of ether oxygens (including phenoxy) is 1. The summed E-state index contributed by atoms with van der Waals surface area (Å²) in [5.41, 5.74) is 0. The lowest BCUT2D eigenvalue weighted by molar-refractivity contribution is -0.149. The number of carbonyl (C=O) groups excluding carboxylic acids is 2. The molecule has 204 valence electrons. The fourth-order valence-electron chi connectivity index (χ4n) is 4.97. The zero-order valence-corrected chi connectivity index (χ0v) is 21.9. The number of alkyl halides is 3. The van der Waals surface area contributed by atoms with E-state index in [1.165, 1.54) is 11.3 Å². The maximum Gasteiger partial charge on any atom is 0.451 e. The minimum Gasteiger partial charge on any atom is -0.466 e. The number of esters is 1. The zero-order chi connectivity index (χ0) is 27.0. The van der Waals surface area contributed by atoms with Crippen LogP contribution in [0, 0.1) is 5.92 Å². The van der Waals surface area contributed by atoms with Gasteiger partial charge in [-0.2, -0.15) is 13.2 Å². The van der Waals surface area contributed by atoms with E-state index in [0.717, 1.165) is 27.7 Å². The van der Waals surface area contributed by atoms with Crippen LogP contribution in [0.2, 0.25) is 0 Å². The first-order valence-corrected chi connectivity index (χ1v) is 13.5. The number of piperidine rings is 1. The molecule has 38 heavy (non-hydrogen) atoms. The van der Waals surface area contributed by atoms with Crippen molar-refractivity contribution in [1.82, 2.24) is 29.6 Å². The lowest BCUT2D eigenvalue weighted by Gasteiger charge is -2.32. The zero-order valence-electron chi connectivity index (χ0n) is 21.1. The third-order valence-electron chi connectivity index (χ3n) is 6.75. The highest BCUT2D eigenvalue weighted by molar-refractivity contribution is 7.18. The molecule has 0 spiro atoms. The number of halogens is 3. The highest BCUT2D eigenvalue weighted by Crippen LogP contribution is 2.35. The van der Waals surface area contributed by atoms with Gasteiger partial charge in [0.15, 0.2) is 5.82 Å². The number of anilines is 1. The van der Waals surface area contributed by atoms with E-state index >= 15 is 0 Å². The second kappa shape index (κ2) is 10.5. The van der Waals surface area contributed by atoms with E-state index < -0.39 is 17.9 Å². The van der Waals surface area contributed by atoms with Crippen LogP contribution in [-0.4, -0.2) is 67.7 Å². The highest BCUT2D eigenvalue weighted by atomic mass is 32.1. The molecule has 0 saturated carbocycles. The van der Waals surface area contributed by atoms with Gasteiger partial charge in [-0.1, -0.05) is 13.3 Å². The summed E-state index contributed by atoms with van der Waals surface area (Å²) in [6.07, 6.45) is -1.52. The van der Waals surface area contributed by atoms with E-state index in [2.05, 4.69) is 27.1 Å². The molecule has 0 aromatic carbocycles. The standard InChI is InChI=1S/C24H28F3N7O3S/c1-3-6-15-11-16-19(32-9-10-34-17(13-32)30-31-23(34)24(25,26)27)28-18(29-20(16)38-15)21(35)33-8-5-7-14(12-33)22(36)37-4-2/h11,14H,3-10,12-13H2,1-2H3. The summed E-state index contributed by atoms with van der Waals surface area (Å²) >= 11 is 1.48. The number of fused-ring (bicyclic) bond motifs is 2. The molecule has 5 heterocycles. The number of rotatable bonds is 6. The average molecular weight is 552 g/mol. The van der Waals surface area contributed by atoms with Gasteiger partial charge in [0.1, 0.15) is 10.6 Å². The number of aromatic nitrogens is 5. The van der Waals surface area contributed by atoms with Gasteiger partial charge in [-0.05, 0) is 32.3 Å². The molecule has 0 aliphatic carbocycles. The lowest BCUT2D eigenvalue weighted by atomic mass is 9.98. The van der Waals surface area contributed by atoms with Gasteiger partial charge >= 0.3 is 12.1 Å². The molecule has 1 saturated heterocycles. The van der Waals surface area contributed by atoms with E-state index in [1.807, 2.05) is 11.0 Å². The third-order valence-corrected chi connectivity index (χ3v) is 7.83. The third kappa shape index (κ3) is 5.05. The number of likely N-dealkylation sites (tertiary alicyclic amines) is 1. The number of hydrogen-bond donors (Lipinski definition) is 0. The van der Waals surface area contributed by atoms with Crippen molar-refractivity contribution >= 4 is 39.2 Å². The SMILES string of the molecule is CCCc1cc2c(N3CCn4c(nnc4C(F)(F)F)C3)nc(C(=O)N3CCCC(C(=O)OCC)C3)nc2s1. The Balaban J connectivity index is 1.48. The predicted molar refractivity (Wildman–Crippen MR) is 133 cm³/mol. The Labute approximate surface area is 220 Å². The fourth-order valence-corrected chi connectivity index (χ4v) is 6.09. The van der Waals surface area contributed by atoms with Gasteiger partial charge in [0, 0.05) is 31.1 Å². The summed E-state index contributed by atoms with van der Waals surface area (Å²) in [7, 11) is 0. The summed E-state index contributed by atoms with van der Waals surface area (Å²) in [5, 5.41) is 7.89. The minimum atomic E-state index is -4.59. The number of thiophene rings is 1. The van der Waals surface area contributed by atoms with Crippen molar-refractivity contribution in [2.75, 3.05) is 31.1 Å². The Kier molecular flexibility index (Phi) is 7.25. The summed E-state index contributed by atoms with van der Waals surface area (Å²) in [6.45, 7) is 5.13. The lowest BCUT2D eigenvalue weighted by Crippen LogP contribution is -2.43. The topological polar surface area (TPSA) is 106 Å². The number of amides is 1. The first-order valence-electron chi connectivity index (χ1n) is 12.7. The summed E-state index contributed by atoms with van der Waals surface area (Å²) < 4.78 is 46.2. The maximum atomic E-state index is 13.5. The first kappa shape index (κ1) is 26.3. The summed E-state index contributed by atoms with van der Waals surface area (Å²) in [5.74, 6) is -1.45. The Morgan fingerprint density at radius 1 is 1.16 bits per heavy atom. The van der Waals surface area contributed by atoms with Gasteiger partial charge in [0.05, 0.1) is 24.5 Å². The Morgan fingerprint density at radius 3 is 2.71 bits per heavy atom. The Morgan fingerprint density at radius 2 is 1.97 bits per heavy atom. The smallest absolute Gasteiger partial charge is 0.451 e. The molecule has 3 aromatic rings. The van der Waals surface area contributed by atoms with Crippen LogP contribution in [0.1, 0.15) is 60.3 Å². The van der Waals surface area contributed by atoms with Gasteiger partial charge in [-0.15, -0.1) is 21.5 Å². The van der Waals surface area contributed by atoms with Gasteiger partial charge in [0.2, 0.25) is 11.6 Å². The molecule has 5 rings (SSSR count). The summed E-state index contributed by atoms with van der Waals surface area (Å²) in [4.78, 5) is 40.2. The minimum absolute atomic E-state index is 0.00456. The second-order valence-corrected chi connectivity index (χ2v) is 10.5. The fraction of sp³-hybridized carbons (Fsp3) is 0.583. The molecule has 2 aliphatic heterocycles. The summed E-state index contributed by atoms with van der Waals surface area (Å²) in [6, 6.07) is 1.99. The van der Waals surface area contributed by atoms with Crippen LogP contribution in [0.4, 0.5) is 19.0 Å². The molecule has 0 N–H and O–H groups in total. The van der Waals surface area contributed by atoms with E-state index in [4.69, 9.17) is 4.74 Å². The van der Waals surface area contributed by atoms with Crippen LogP contribution in [0.15, 0.2) is 6.07 Å². The number of carbonyl (C=O) groups is 2. The molecule has 3 aromatic heterocycles. The molecule has 0 bridgehead atoms. The molecule has 1 amide bonds. The van der Waals surface area contributed by atoms with E-state index in [9.17, 15) is 22.8 Å². The Hall–Kier alpha value is -3.29. The van der Waals surface area contributed by atoms with E-state index in [0.29, 0.717) is 30.0 Å². The van der Waals surface area contributed by atoms with Crippen LogP contribution < -0.4 is 4.90 Å². The van der Waals surface area contributed by atoms with E-state index in [-0.39, 0.29) is 56.3 Å². The van der Waals surface area contributed by atoms with Gasteiger partial charge in [-0.3, -0.25) is 9.59 Å². The highest BCUT2D eigenvalue weighted by Gasteiger charge is 2.40. The molecule has 1 fully saturated rings. The van der Waals surface area contributed by atoms with Crippen molar-refractivity contribution < 1.29 is 27.5 Å². The second-order valence-electron chi connectivity index (χ2n) is 9.41. The quantitative estimate of drug-likeness (QED) is 0.427. The van der Waals surface area contributed by atoms with Crippen LogP contribution in [0.5, 0.6) is 0 Å². The molecule has 1 atom stereocenters. The Bertz CT molecular complexity index is 1360. The molecule has 14 heteroatoms. The van der Waals surface area contributed by atoms with Crippen molar-refractivity contribution in [3.63, 3.8) is 0 Å². The molecule has 2 aliphatic rings. The van der Waals surface area contributed by atoms with Gasteiger partial charge in [-0.25, -0.2) is 9.97 Å². The van der Waals surface area contributed by atoms with Crippen LogP contribution in [0.3, 0.4) is 0 Å². The van der Waals surface area contributed by atoms with Crippen LogP contribution in [0.25, 0.3) is 10.2 Å². The molecule has 1 unspecified atom stereocenters. The molecular formula is C24H28F3N7O3S.